The van der Waals surface area contributed by atoms with E-state index in [4.69, 9.17) is 9.47 Å². The molecule has 0 aliphatic carbocycles. The lowest BCUT2D eigenvalue weighted by atomic mass is 9.99. The Hall–Kier alpha value is -0.810. The van der Waals surface area contributed by atoms with Crippen molar-refractivity contribution in [1.82, 2.24) is 10.6 Å². The molecule has 1 heterocycles. The smallest absolute Gasteiger partial charge is 0.407 e. The predicted octanol–water partition coefficient (Wildman–Crippen LogP) is 2.30. The van der Waals surface area contributed by atoms with Crippen molar-refractivity contribution in [2.75, 3.05) is 19.8 Å². The van der Waals surface area contributed by atoms with Gasteiger partial charge < -0.3 is 20.1 Å². The summed E-state index contributed by atoms with van der Waals surface area (Å²) in [5, 5.41) is 6.41. The average molecular weight is 286 g/mol. The number of rotatable bonds is 6. The molecule has 2 N–H and O–H groups in total. The van der Waals surface area contributed by atoms with Crippen LogP contribution in [0.3, 0.4) is 0 Å². The highest BCUT2D eigenvalue weighted by Crippen LogP contribution is 2.17. The summed E-state index contributed by atoms with van der Waals surface area (Å²) in [6.45, 7) is 12.2. The van der Waals surface area contributed by atoms with Crippen LogP contribution in [-0.4, -0.2) is 43.5 Å². The van der Waals surface area contributed by atoms with E-state index in [2.05, 4.69) is 24.5 Å². The van der Waals surface area contributed by atoms with E-state index in [9.17, 15) is 4.79 Å². The zero-order valence-corrected chi connectivity index (χ0v) is 13.5. The first kappa shape index (κ1) is 17.2. The zero-order valence-electron chi connectivity index (χ0n) is 13.5. The van der Waals surface area contributed by atoms with Gasteiger partial charge in [0, 0.05) is 25.2 Å². The van der Waals surface area contributed by atoms with Gasteiger partial charge in [0.2, 0.25) is 0 Å². The normalized spacial score (nSPS) is 22.4. The first-order valence-corrected chi connectivity index (χ1v) is 7.62. The molecule has 1 rings (SSSR count). The maximum Gasteiger partial charge on any atom is 0.407 e. The summed E-state index contributed by atoms with van der Waals surface area (Å²) in [5.41, 5.74) is -0.451. The van der Waals surface area contributed by atoms with Gasteiger partial charge in [-0.3, -0.25) is 0 Å². The molecule has 5 heteroatoms. The van der Waals surface area contributed by atoms with Crippen LogP contribution in [0.4, 0.5) is 4.79 Å². The van der Waals surface area contributed by atoms with Crippen LogP contribution in [0, 0.1) is 5.92 Å². The summed E-state index contributed by atoms with van der Waals surface area (Å²) in [5.74, 6) is 0.575. The Morgan fingerprint density at radius 1 is 1.45 bits per heavy atom. The Balaban J connectivity index is 2.29. The Morgan fingerprint density at radius 3 is 2.65 bits per heavy atom. The highest BCUT2D eigenvalue weighted by Gasteiger charge is 2.24. The minimum atomic E-state index is -0.451. The van der Waals surface area contributed by atoms with Gasteiger partial charge in [0.05, 0.1) is 6.61 Å². The maximum absolute atomic E-state index is 11.6. The highest BCUT2D eigenvalue weighted by molar-refractivity contribution is 5.67. The van der Waals surface area contributed by atoms with Crippen LogP contribution in [0.2, 0.25) is 0 Å². The molecule has 0 aromatic heterocycles. The second-order valence-electron chi connectivity index (χ2n) is 6.57. The van der Waals surface area contributed by atoms with Gasteiger partial charge in [-0.1, -0.05) is 6.92 Å². The van der Waals surface area contributed by atoms with Crippen molar-refractivity contribution < 1.29 is 14.3 Å². The lowest BCUT2D eigenvalue weighted by Crippen LogP contribution is -2.47. The summed E-state index contributed by atoms with van der Waals surface area (Å²) in [4.78, 5) is 11.6. The molecule has 3 atom stereocenters. The van der Waals surface area contributed by atoms with Crippen molar-refractivity contribution in [2.45, 2.75) is 65.1 Å². The molecule has 0 spiro atoms. The third-order valence-corrected chi connectivity index (χ3v) is 3.56. The molecule has 0 aromatic carbocycles. The topological polar surface area (TPSA) is 59.6 Å². The van der Waals surface area contributed by atoms with Gasteiger partial charge in [0.25, 0.3) is 0 Å². The Kier molecular flexibility index (Phi) is 6.76. The molecule has 5 nitrogen and oxygen atoms in total. The molecule has 3 unspecified atom stereocenters. The number of carbonyl (C=O) groups excluding carboxylic acids is 1. The third kappa shape index (κ3) is 6.57. The molecule has 0 saturated carbocycles. The van der Waals surface area contributed by atoms with Crippen LogP contribution in [0.25, 0.3) is 0 Å². The van der Waals surface area contributed by atoms with Gasteiger partial charge in [-0.25, -0.2) is 4.79 Å². The van der Waals surface area contributed by atoms with Gasteiger partial charge in [-0.05, 0) is 46.5 Å². The standard InChI is InChI=1S/C15H30N2O3/c1-6-13(9-16-14(18)20-15(3,4)5)17-11(2)12-7-8-19-10-12/h11-13,17H,6-10H2,1-5H3,(H,16,18). The van der Waals surface area contributed by atoms with E-state index in [-0.39, 0.29) is 12.1 Å². The lowest BCUT2D eigenvalue weighted by molar-refractivity contribution is 0.0520. The number of hydrogen-bond donors (Lipinski definition) is 2. The van der Waals surface area contributed by atoms with Crippen molar-refractivity contribution in [3.8, 4) is 0 Å². The number of hydrogen-bond acceptors (Lipinski definition) is 4. The first-order chi connectivity index (χ1) is 9.31. The van der Waals surface area contributed by atoms with Gasteiger partial charge in [-0.2, -0.15) is 0 Å². The van der Waals surface area contributed by atoms with Crippen molar-refractivity contribution in [2.24, 2.45) is 5.92 Å². The second-order valence-corrected chi connectivity index (χ2v) is 6.57. The molecule has 1 amide bonds. The number of nitrogens with one attached hydrogen (secondary N) is 2. The number of alkyl carbamates (subject to hydrolysis) is 1. The maximum atomic E-state index is 11.6. The van der Waals surface area contributed by atoms with Crippen molar-refractivity contribution in [3.63, 3.8) is 0 Å². The largest absolute Gasteiger partial charge is 0.444 e. The average Bonchev–Trinajstić information content (AvgIpc) is 2.85. The van der Waals surface area contributed by atoms with Gasteiger partial charge in [-0.15, -0.1) is 0 Å². The lowest BCUT2D eigenvalue weighted by Gasteiger charge is -2.26. The van der Waals surface area contributed by atoms with Gasteiger partial charge >= 0.3 is 6.09 Å². The fourth-order valence-corrected chi connectivity index (χ4v) is 2.30. The van der Waals surface area contributed by atoms with Crippen molar-refractivity contribution in [1.29, 1.82) is 0 Å². The van der Waals surface area contributed by atoms with E-state index in [1.807, 2.05) is 20.8 Å². The van der Waals surface area contributed by atoms with Crippen molar-refractivity contribution >= 4 is 6.09 Å². The molecule has 0 radical (unpaired) electrons. The minimum absolute atomic E-state index is 0.262. The van der Waals surface area contributed by atoms with E-state index < -0.39 is 5.60 Å². The van der Waals surface area contributed by atoms with Crippen molar-refractivity contribution in [3.05, 3.63) is 0 Å². The second kappa shape index (κ2) is 7.84. The third-order valence-electron chi connectivity index (χ3n) is 3.56. The van der Waals surface area contributed by atoms with Crippen LogP contribution >= 0.6 is 0 Å². The van der Waals surface area contributed by atoms with E-state index >= 15 is 0 Å². The Bertz CT molecular complexity index is 296. The van der Waals surface area contributed by atoms with E-state index in [1.54, 1.807) is 0 Å². The quantitative estimate of drug-likeness (QED) is 0.786. The molecule has 0 bridgehead atoms. The molecule has 0 aromatic rings. The minimum Gasteiger partial charge on any atom is -0.444 e. The molecule has 1 fully saturated rings. The number of ether oxygens (including phenoxy) is 2. The van der Waals surface area contributed by atoms with E-state index in [0.29, 0.717) is 18.5 Å². The van der Waals surface area contributed by atoms with Gasteiger partial charge in [0.1, 0.15) is 5.60 Å². The number of amides is 1. The van der Waals surface area contributed by atoms with Crippen LogP contribution in [-0.2, 0) is 9.47 Å². The fourth-order valence-electron chi connectivity index (χ4n) is 2.30. The number of carbonyl (C=O) groups is 1. The summed E-state index contributed by atoms with van der Waals surface area (Å²) in [6.07, 6.45) is 1.73. The SMILES string of the molecule is CCC(CNC(=O)OC(C)(C)C)NC(C)C1CCOC1. The molecule has 1 aliphatic heterocycles. The molecule has 1 saturated heterocycles. The fraction of sp³-hybridized carbons (Fsp3) is 0.933. The molecular weight excluding hydrogens is 256 g/mol. The first-order valence-electron chi connectivity index (χ1n) is 7.62. The predicted molar refractivity (Wildman–Crippen MR) is 79.8 cm³/mol. The Morgan fingerprint density at radius 2 is 2.15 bits per heavy atom. The summed E-state index contributed by atoms with van der Waals surface area (Å²) >= 11 is 0. The van der Waals surface area contributed by atoms with Crippen LogP contribution in [0.5, 0.6) is 0 Å². The zero-order chi connectivity index (χ0) is 15.2. The molecule has 118 valence electrons. The molecule has 20 heavy (non-hydrogen) atoms. The Labute approximate surface area is 122 Å². The van der Waals surface area contributed by atoms with Crippen LogP contribution in [0.1, 0.15) is 47.5 Å². The highest BCUT2D eigenvalue weighted by atomic mass is 16.6. The van der Waals surface area contributed by atoms with Crippen LogP contribution < -0.4 is 10.6 Å². The van der Waals surface area contributed by atoms with E-state index in [0.717, 1.165) is 26.1 Å². The molecular formula is C15H30N2O3. The summed E-state index contributed by atoms with van der Waals surface area (Å²) < 4.78 is 10.7. The summed E-state index contributed by atoms with van der Waals surface area (Å²) in [7, 11) is 0. The monoisotopic (exact) mass is 286 g/mol. The van der Waals surface area contributed by atoms with Crippen LogP contribution in [0.15, 0.2) is 0 Å². The summed E-state index contributed by atoms with van der Waals surface area (Å²) in [6, 6.07) is 0.668. The van der Waals surface area contributed by atoms with Gasteiger partial charge in [0.15, 0.2) is 0 Å². The van der Waals surface area contributed by atoms with E-state index in [1.165, 1.54) is 0 Å². The molecule has 1 aliphatic rings.